The average molecular weight is 361 g/mol. The monoisotopic (exact) mass is 361 g/mol. The third-order valence-electron chi connectivity index (χ3n) is 4.32. The summed E-state index contributed by atoms with van der Waals surface area (Å²) in [4.78, 5) is 12.4. The van der Waals surface area contributed by atoms with Crippen LogP contribution in [0.15, 0.2) is 70.0 Å². The molecule has 27 heavy (non-hydrogen) atoms. The minimum Gasteiger partial charge on any atom is -0.493 e. The number of nitrogens with one attached hydrogen (secondary N) is 1. The summed E-state index contributed by atoms with van der Waals surface area (Å²) in [5, 5.41) is 11.0. The molecule has 0 spiro atoms. The van der Waals surface area contributed by atoms with Gasteiger partial charge in [-0.3, -0.25) is 4.79 Å². The van der Waals surface area contributed by atoms with Crippen molar-refractivity contribution in [2.24, 2.45) is 0 Å². The van der Waals surface area contributed by atoms with E-state index in [2.05, 4.69) is 15.4 Å². The first kappa shape index (κ1) is 17.0. The van der Waals surface area contributed by atoms with Crippen LogP contribution in [0.2, 0.25) is 0 Å². The molecule has 0 aliphatic carbocycles. The molecule has 4 rings (SSSR count). The van der Waals surface area contributed by atoms with Gasteiger partial charge in [0, 0.05) is 17.7 Å². The van der Waals surface area contributed by atoms with Gasteiger partial charge in [0.25, 0.3) is 0 Å². The number of H-pyrrole nitrogens is 1. The SMILES string of the molecule is O=c1cc(-c2ccccc2)oc2cc(OCCCCc3cn[nH]n3)ccc12. The second-order valence-corrected chi connectivity index (χ2v) is 6.27. The minimum absolute atomic E-state index is 0.0609. The molecule has 4 aromatic rings. The lowest BCUT2D eigenvalue weighted by molar-refractivity contribution is 0.306. The van der Waals surface area contributed by atoms with Gasteiger partial charge in [-0.1, -0.05) is 30.3 Å². The number of hydrogen-bond donors (Lipinski definition) is 1. The van der Waals surface area contributed by atoms with Gasteiger partial charge >= 0.3 is 0 Å². The largest absolute Gasteiger partial charge is 0.493 e. The summed E-state index contributed by atoms with van der Waals surface area (Å²) >= 11 is 0. The maximum absolute atomic E-state index is 12.4. The second kappa shape index (κ2) is 7.86. The second-order valence-electron chi connectivity index (χ2n) is 6.27. The van der Waals surface area contributed by atoms with Crippen LogP contribution in [0.3, 0.4) is 0 Å². The van der Waals surface area contributed by atoms with Gasteiger partial charge in [0.1, 0.15) is 17.1 Å². The van der Waals surface area contributed by atoms with Crippen LogP contribution in [-0.4, -0.2) is 22.0 Å². The highest BCUT2D eigenvalue weighted by atomic mass is 16.5. The van der Waals surface area contributed by atoms with Crippen LogP contribution in [-0.2, 0) is 6.42 Å². The van der Waals surface area contributed by atoms with E-state index in [1.807, 2.05) is 30.3 Å². The molecule has 0 saturated carbocycles. The number of fused-ring (bicyclic) bond motifs is 1. The molecule has 2 aromatic carbocycles. The first-order valence-electron chi connectivity index (χ1n) is 8.90. The summed E-state index contributed by atoms with van der Waals surface area (Å²) < 4.78 is 11.8. The van der Waals surface area contributed by atoms with Crippen LogP contribution in [0.1, 0.15) is 18.5 Å². The highest BCUT2D eigenvalue weighted by molar-refractivity contribution is 5.80. The lowest BCUT2D eigenvalue weighted by atomic mass is 10.1. The normalized spacial score (nSPS) is 11.0. The Hall–Kier alpha value is -3.41. The van der Waals surface area contributed by atoms with Crippen molar-refractivity contribution >= 4 is 11.0 Å². The lowest BCUT2D eigenvalue weighted by Crippen LogP contribution is -2.02. The molecule has 136 valence electrons. The number of aromatic nitrogens is 3. The molecule has 0 amide bonds. The predicted molar refractivity (Wildman–Crippen MR) is 103 cm³/mol. The number of aryl methyl sites for hydroxylation is 1. The Bertz CT molecular complexity index is 1070. The summed E-state index contributed by atoms with van der Waals surface area (Å²) in [5.74, 6) is 1.25. The van der Waals surface area contributed by atoms with Crippen LogP contribution < -0.4 is 10.2 Å². The van der Waals surface area contributed by atoms with Crippen LogP contribution in [0.5, 0.6) is 5.75 Å². The van der Waals surface area contributed by atoms with Gasteiger partial charge in [0.05, 0.1) is 23.9 Å². The van der Waals surface area contributed by atoms with Crippen molar-refractivity contribution in [1.29, 1.82) is 0 Å². The molecule has 0 aliphatic heterocycles. The fourth-order valence-corrected chi connectivity index (χ4v) is 2.91. The highest BCUT2D eigenvalue weighted by Gasteiger charge is 2.08. The lowest BCUT2D eigenvalue weighted by Gasteiger charge is -2.08. The van der Waals surface area contributed by atoms with E-state index in [-0.39, 0.29) is 5.43 Å². The van der Waals surface area contributed by atoms with E-state index >= 15 is 0 Å². The van der Waals surface area contributed by atoms with E-state index in [4.69, 9.17) is 9.15 Å². The van der Waals surface area contributed by atoms with Gasteiger partial charge in [-0.15, -0.1) is 0 Å². The van der Waals surface area contributed by atoms with Crippen LogP contribution >= 0.6 is 0 Å². The summed E-state index contributed by atoms with van der Waals surface area (Å²) in [6.45, 7) is 0.589. The number of ether oxygens (including phenoxy) is 1. The molecule has 0 atom stereocenters. The average Bonchev–Trinajstić information content (AvgIpc) is 3.21. The quantitative estimate of drug-likeness (QED) is 0.504. The zero-order chi connectivity index (χ0) is 18.5. The number of nitrogens with zero attached hydrogens (tertiary/aromatic N) is 2. The molecule has 0 bridgehead atoms. The first-order chi connectivity index (χ1) is 13.3. The molecule has 2 aromatic heterocycles. The maximum Gasteiger partial charge on any atom is 0.193 e. The number of unbranched alkanes of at least 4 members (excludes halogenated alkanes) is 1. The third-order valence-corrected chi connectivity index (χ3v) is 4.32. The molecule has 1 N–H and O–H groups in total. The molecule has 0 fully saturated rings. The van der Waals surface area contributed by atoms with Crippen molar-refractivity contribution in [2.45, 2.75) is 19.3 Å². The summed E-state index contributed by atoms with van der Waals surface area (Å²) in [6, 6.07) is 16.5. The summed E-state index contributed by atoms with van der Waals surface area (Å²) in [5.41, 5.74) is 2.29. The number of benzene rings is 2. The van der Waals surface area contributed by atoms with Gasteiger partial charge in [0.2, 0.25) is 0 Å². The zero-order valence-electron chi connectivity index (χ0n) is 14.7. The fourth-order valence-electron chi connectivity index (χ4n) is 2.91. The number of aromatic amines is 1. The Kier molecular flexibility index (Phi) is 4.96. The first-order valence-corrected chi connectivity index (χ1v) is 8.90. The molecule has 0 saturated heterocycles. The van der Waals surface area contributed by atoms with E-state index < -0.39 is 0 Å². The van der Waals surface area contributed by atoms with Crippen LogP contribution in [0.4, 0.5) is 0 Å². The van der Waals surface area contributed by atoms with Gasteiger partial charge in [-0.25, -0.2) is 0 Å². The van der Waals surface area contributed by atoms with Crippen molar-refractivity contribution < 1.29 is 9.15 Å². The van der Waals surface area contributed by atoms with Crippen LogP contribution in [0.25, 0.3) is 22.3 Å². The van der Waals surface area contributed by atoms with Gasteiger partial charge in [0.15, 0.2) is 5.43 Å². The number of hydrogen-bond acceptors (Lipinski definition) is 5. The van der Waals surface area contributed by atoms with Crippen molar-refractivity contribution in [3.8, 4) is 17.1 Å². The Morgan fingerprint density at radius 3 is 2.74 bits per heavy atom. The molecular formula is C21H19N3O3. The minimum atomic E-state index is -0.0609. The van der Waals surface area contributed by atoms with E-state index in [0.717, 1.165) is 30.5 Å². The van der Waals surface area contributed by atoms with E-state index in [1.54, 1.807) is 24.4 Å². The highest BCUT2D eigenvalue weighted by Crippen LogP contribution is 2.24. The zero-order valence-corrected chi connectivity index (χ0v) is 14.7. The van der Waals surface area contributed by atoms with Gasteiger partial charge in [-0.2, -0.15) is 15.4 Å². The Balaban J connectivity index is 1.45. The summed E-state index contributed by atoms with van der Waals surface area (Å²) in [6.07, 6.45) is 4.47. The molecule has 0 unspecified atom stereocenters. The molecule has 0 aliphatic rings. The van der Waals surface area contributed by atoms with Crippen molar-refractivity contribution in [3.63, 3.8) is 0 Å². The predicted octanol–water partition coefficient (Wildman–Crippen LogP) is 3.98. The number of rotatable bonds is 7. The maximum atomic E-state index is 12.4. The topological polar surface area (TPSA) is 81.0 Å². The fraction of sp³-hybridized carbons (Fsp3) is 0.190. The van der Waals surface area contributed by atoms with Crippen molar-refractivity contribution in [1.82, 2.24) is 15.4 Å². The third kappa shape index (κ3) is 4.06. The Morgan fingerprint density at radius 2 is 1.93 bits per heavy atom. The van der Waals surface area contributed by atoms with E-state index in [1.165, 1.54) is 6.07 Å². The molecular weight excluding hydrogens is 342 g/mol. The van der Waals surface area contributed by atoms with Crippen molar-refractivity contribution in [3.05, 3.63) is 76.7 Å². The molecule has 6 heteroatoms. The van der Waals surface area contributed by atoms with Crippen LogP contribution in [0, 0.1) is 0 Å². The van der Waals surface area contributed by atoms with E-state index in [0.29, 0.717) is 29.1 Å². The van der Waals surface area contributed by atoms with Gasteiger partial charge < -0.3 is 9.15 Å². The standard InChI is InChI=1S/C21H19N3O3/c25-19-13-20(15-6-2-1-3-7-15)27-21-12-17(9-10-18(19)21)26-11-5-4-8-16-14-22-24-23-16/h1-3,6-7,9-10,12-14H,4-5,8,11H2,(H,22,23,24). The molecule has 6 nitrogen and oxygen atoms in total. The smallest absolute Gasteiger partial charge is 0.193 e. The molecule has 0 radical (unpaired) electrons. The van der Waals surface area contributed by atoms with Crippen molar-refractivity contribution in [2.75, 3.05) is 6.61 Å². The van der Waals surface area contributed by atoms with E-state index in [9.17, 15) is 4.79 Å². The molecule has 2 heterocycles. The van der Waals surface area contributed by atoms with Gasteiger partial charge in [-0.05, 0) is 31.4 Å². The Labute approximate surface area is 155 Å². The Morgan fingerprint density at radius 1 is 1.04 bits per heavy atom. The summed E-state index contributed by atoms with van der Waals surface area (Å²) in [7, 11) is 0.